The number of benzene rings is 1. The van der Waals surface area contributed by atoms with Crippen molar-refractivity contribution in [1.82, 2.24) is 10.2 Å². The number of ether oxygens (including phenoxy) is 1. The number of aryl methyl sites for hydroxylation is 1. The highest BCUT2D eigenvalue weighted by Gasteiger charge is 2.20. The van der Waals surface area contributed by atoms with Gasteiger partial charge in [0.05, 0.1) is 7.11 Å². The molecule has 0 radical (unpaired) electrons. The van der Waals surface area contributed by atoms with Crippen LogP contribution in [0.1, 0.15) is 24.0 Å². The third-order valence-electron chi connectivity index (χ3n) is 3.88. The quantitative estimate of drug-likeness (QED) is 0.795. The molecule has 1 aliphatic rings. The Morgan fingerprint density at radius 3 is 2.95 bits per heavy atom. The molecule has 1 aliphatic carbocycles. The van der Waals surface area contributed by atoms with Crippen LogP contribution in [0.3, 0.4) is 0 Å². The first-order chi connectivity index (χ1) is 9.20. The van der Waals surface area contributed by atoms with E-state index < -0.39 is 0 Å². The van der Waals surface area contributed by atoms with Gasteiger partial charge in [0.25, 0.3) is 0 Å². The maximum absolute atomic E-state index is 5.48. The van der Waals surface area contributed by atoms with E-state index in [1.54, 1.807) is 7.11 Å². The summed E-state index contributed by atoms with van der Waals surface area (Å²) in [5, 5.41) is 3.69. The molecule has 3 heteroatoms. The number of rotatable bonds is 6. The third kappa shape index (κ3) is 3.95. The lowest BCUT2D eigenvalue weighted by Gasteiger charge is -2.27. The second-order valence-corrected chi connectivity index (χ2v) is 5.65. The monoisotopic (exact) mass is 262 g/mol. The topological polar surface area (TPSA) is 24.5 Å². The second kappa shape index (κ2) is 6.92. The van der Waals surface area contributed by atoms with Gasteiger partial charge in [0.2, 0.25) is 0 Å². The Bertz CT molecular complexity index is 389. The molecule has 3 nitrogen and oxygen atoms in total. The molecule has 0 aromatic heterocycles. The highest BCUT2D eigenvalue weighted by atomic mass is 16.5. The zero-order valence-electron chi connectivity index (χ0n) is 12.4. The molecule has 1 unspecified atom stereocenters. The molecule has 0 amide bonds. The fourth-order valence-corrected chi connectivity index (χ4v) is 2.82. The minimum absolute atomic E-state index is 0.603. The van der Waals surface area contributed by atoms with Crippen LogP contribution < -0.4 is 10.1 Å². The van der Waals surface area contributed by atoms with Crippen LogP contribution in [-0.4, -0.2) is 45.2 Å². The Labute approximate surface area is 116 Å². The fraction of sp³-hybridized carbons (Fsp3) is 0.625. The van der Waals surface area contributed by atoms with Crippen LogP contribution in [-0.2, 0) is 12.8 Å². The summed E-state index contributed by atoms with van der Waals surface area (Å²) in [4.78, 5) is 2.24. The van der Waals surface area contributed by atoms with Crippen molar-refractivity contribution >= 4 is 0 Å². The number of nitrogens with zero attached hydrogens (tertiary/aromatic N) is 1. The summed E-state index contributed by atoms with van der Waals surface area (Å²) in [6.07, 6.45) is 4.71. The third-order valence-corrected chi connectivity index (χ3v) is 3.88. The first-order valence-corrected chi connectivity index (χ1v) is 7.23. The predicted molar refractivity (Wildman–Crippen MR) is 80.0 cm³/mol. The van der Waals surface area contributed by atoms with Crippen molar-refractivity contribution in [2.45, 2.75) is 31.7 Å². The van der Waals surface area contributed by atoms with Gasteiger partial charge < -0.3 is 15.0 Å². The van der Waals surface area contributed by atoms with E-state index in [2.05, 4.69) is 42.5 Å². The molecule has 19 heavy (non-hydrogen) atoms. The van der Waals surface area contributed by atoms with Gasteiger partial charge in [-0.1, -0.05) is 12.1 Å². The van der Waals surface area contributed by atoms with E-state index >= 15 is 0 Å². The van der Waals surface area contributed by atoms with Gasteiger partial charge in [0, 0.05) is 6.04 Å². The van der Waals surface area contributed by atoms with Crippen LogP contribution in [0.4, 0.5) is 0 Å². The van der Waals surface area contributed by atoms with Gasteiger partial charge in [-0.2, -0.15) is 0 Å². The molecule has 106 valence electrons. The smallest absolute Gasteiger partial charge is 0.122 e. The van der Waals surface area contributed by atoms with Gasteiger partial charge in [0.15, 0.2) is 0 Å². The van der Waals surface area contributed by atoms with Crippen LogP contribution in [0.5, 0.6) is 5.75 Å². The van der Waals surface area contributed by atoms with E-state index in [0.717, 1.165) is 31.7 Å². The lowest BCUT2D eigenvalue weighted by Crippen LogP contribution is -2.36. The predicted octanol–water partition coefficient (Wildman–Crippen LogP) is 2.09. The van der Waals surface area contributed by atoms with Gasteiger partial charge in [0.1, 0.15) is 5.75 Å². The first kappa shape index (κ1) is 14.4. The standard InChI is InChI=1S/C16H26N2O/c1-18(2)11-5-10-17-14-9-8-13-6-4-7-16(19-3)15(13)12-14/h4,6-7,14,17H,5,8-12H2,1-3H3. The molecule has 1 N–H and O–H groups in total. The normalized spacial score (nSPS) is 18.4. The van der Waals surface area contributed by atoms with Gasteiger partial charge >= 0.3 is 0 Å². The molecule has 0 saturated carbocycles. The van der Waals surface area contributed by atoms with E-state index in [9.17, 15) is 0 Å². The Kier molecular flexibility index (Phi) is 5.23. The molecule has 1 aromatic carbocycles. The minimum Gasteiger partial charge on any atom is -0.496 e. The summed E-state index contributed by atoms with van der Waals surface area (Å²) in [5.41, 5.74) is 2.87. The summed E-state index contributed by atoms with van der Waals surface area (Å²) < 4.78 is 5.48. The van der Waals surface area contributed by atoms with Crippen LogP contribution in [0.15, 0.2) is 18.2 Å². The van der Waals surface area contributed by atoms with Gasteiger partial charge in [-0.15, -0.1) is 0 Å². The molecule has 1 aromatic rings. The van der Waals surface area contributed by atoms with E-state index in [0.29, 0.717) is 6.04 Å². The zero-order valence-corrected chi connectivity index (χ0v) is 12.4. The van der Waals surface area contributed by atoms with Gasteiger partial charge in [-0.05, 0) is 70.1 Å². The van der Waals surface area contributed by atoms with Crippen LogP contribution >= 0.6 is 0 Å². The lowest BCUT2D eigenvalue weighted by atomic mass is 9.87. The van der Waals surface area contributed by atoms with Gasteiger partial charge in [-0.3, -0.25) is 0 Å². The molecule has 2 rings (SSSR count). The van der Waals surface area contributed by atoms with E-state index in [1.807, 2.05) is 0 Å². The molecule has 0 saturated heterocycles. The minimum atomic E-state index is 0.603. The van der Waals surface area contributed by atoms with E-state index in [1.165, 1.54) is 24.0 Å². The molecular weight excluding hydrogens is 236 g/mol. The highest BCUT2D eigenvalue weighted by Crippen LogP contribution is 2.29. The summed E-state index contributed by atoms with van der Waals surface area (Å²) in [6.45, 7) is 2.26. The van der Waals surface area contributed by atoms with Crippen molar-refractivity contribution in [2.75, 3.05) is 34.3 Å². The van der Waals surface area contributed by atoms with Crippen LogP contribution in [0.25, 0.3) is 0 Å². The van der Waals surface area contributed by atoms with Crippen molar-refractivity contribution in [3.8, 4) is 5.75 Å². The van der Waals surface area contributed by atoms with Crippen molar-refractivity contribution in [3.63, 3.8) is 0 Å². The Morgan fingerprint density at radius 1 is 1.37 bits per heavy atom. The van der Waals surface area contributed by atoms with Crippen molar-refractivity contribution in [2.24, 2.45) is 0 Å². The molecular formula is C16H26N2O. The molecule has 0 spiro atoms. The average Bonchev–Trinajstić information content (AvgIpc) is 2.42. The van der Waals surface area contributed by atoms with Crippen LogP contribution in [0.2, 0.25) is 0 Å². The average molecular weight is 262 g/mol. The maximum Gasteiger partial charge on any atom is 0.122 e. The molecule has 1 atom stereocenters. The molecule has 0 bridgehead atoms. The number of methoxy groups -OCH3 is 1. The first-order valence-electron chi connectivity index (χ1n) is 7.23. The second-order valence-electron chi connectivity index (χ2n) is 5.65. The van der Waals surface area contributed by atoms with Crippen molar-refractivity contribution in [1.29, 1.82) is 0 Å². The van der Waals surface area contributed by atoms with Gasteiger partial charge in [-0.25, -0.2) is 0 Å². The van der Waals surface area contributed by atoms with E-state index in [4.69, 9.17) is 4.74 Å². The zero-order chi connectivity index (χ0) is 13.7. The molecule has 0 heterocycles. The largest absolute Gasteiger partial charge is 0.496 e. The molecule has 0 aliphatic heterocycles. The Hall–Kier alpha value is -1.06. The summed E-state index contributed by atoms with van der Waals surface area (Å²) in [6, 6.07) is 7.02. The number of hydrogen-bond acceptors (Lipinski definition) is 3. The highest BCUT2D eigenvalue weighted by molar-refractivity contribution is 5.42. The fourth-order valence-electron chi connectivity index (χ4n) is 2.82. The number of hydrogen-bond donors (Lipinski definition) is 1. The SMILES string of the molecule is COc1cccc2c1CC(NCCCN(C)C)CC2. The number of nitrogens with one attached hydrogen (secondary N) is 1. The maximum atomic E-state index is 5.48. The number of fused-ring (bicyclic) bond motifs is 1. The lowest BCUT2D eigenvalue weighted by molar-refractivity contribution is 0.372. The summed E-state index contributed by atoms with van der Waals surface area (Å²) in [5.74, 6) is 1.05. The summed E-state index contributed by atoms with van der Waals surface area (Å²) in [7, 11) is 6.02. The Morgan fingerprint density at radius 2 is 2.21 bits per heavy atom. The van der Waals surface area contributed by atoms with Crippen molar-refractivity contribution in [3.05, 3.63) is 29.3 Å². The van der Waals surface area contributed by atoms with E-state index in [-0.39, 0.29) is 0 Å². The Balaban J connectivity index is 1.87. The molecule has 0 fully saturated rings. The van der Waals surface area contributed by atoms with Crippen molar-refractivity contribution < 1.29 is 4.74 Å². The van der Waals surface area contributed by atoms with Crippen LogP contribution in [0, 0.1) is 0 Å². The summed E-state index contributed by atoms with van der Waals surface area (Å²) >= 11 is 0.